The van der Waals surface area contributed by atoms with Crippen LogP contribution in [0.5, 0.6) is 0 Å². The van der Waals surface area contributed by atoms with Crippen LogP contribution in [0, 0.1) is 11.3 Å². The molecular weight excluding hydrogens is 263 g/mol. The molecule has 0 fully saturated rings. The van der Waals surface area contributed by atoms with Crippen molar-refractivity contribution < 1.29 is 0 Å². The molecule has 0 saturated heterocycles. The molecule has 0 bridgehead atoms. The van der Waals surface area contributed by atoms with Crippen LogP contribution in [0.25, 0.3) is 10.8 Å². The molecule has 0 aliphatic heterocycles. The summed E-state index contributed by atoms with van der Waals surface area (Å²) in [4.78, 5) is 4.00. The van der Waals surface area contributed by atoms with E-state index in [2.05, 4.69) is 20.9 Å². The predicted octanol–water partition coefficient (Wildman–Crippen LogP) is 3.52. The summed E-state index contributed by atoms with van der Waals surface area (Å²) in [5, 5.41) is 11.1. The topological polar surface area (TPSA) is 36.7 Å². The van der Waals surface area contributed by atoms with Gasteiger partial charge in [-0.25, -0.2) is 4.98 Å². The molecule has 0 atom stereocenters. The van der Waals surface area contributed by atoms with Gasteiger partial charge in [0.15, 0.2) is 0 Å². The second-order valence-corrected chi connectivity index (χ2v) is 3.99. The van der Waals surface area contributed by atoms with Gasteiger partial charge in [0.05, 0.1) is 0 Å². The summed E-state index contributed by atoms with van der Waals surface area (Å²) >= 11 is 9.38. The van der Waals surface area contributed by atoms with Gasteiger partial charge in [-0.15, -0.1) is 0 Å². The summed E-state index contributed by atoms with van der Waals surface area (Å²) in [6.45, 7) is 0. The highest BCUT2D eigenvalue weighted by atomic mass is 79.9. The maximum atomic E-state index is 8.85. The lowest BCUT2D eigenvalue weighted by Crippen LogP contribution is -1.86. The number of nitriles is 1. The number of hydrogen-bond acceptors (Lipinski definition) is 2. The first-order valence-corrected chi connectivity index (χ1v) is 5.04. The van der Waals surface area contributed by atoms with Crippen molar-refractivity contribution in [1.82, 2.24) is 4.98 Å². The fourth-order valence-electron chi connectivity index (χ4n) is 1.31. The number of aromatic nitrogens is 1. The molecule has 14 heavy (non-hydrogen) atoms. The molecule has 68 valence electrons. The first-order valence-electron chi connectivity index (χ1n) is 3.87. The van der Waals surface area contributed by atoms with Crippen LogP contribution >= 0.6 is 27.5 Å². The number of fused-ring (bicyclic) bond motifs is 1. The minimum atomic E-state index is 0.394. The number of halogens is 2. The number of nitrogens with zero attached hydrogens (tertiary/aromatic N) is 2. The first-order chi connectivity index (χ1) is 6.74. The van der Waals surface area contributed by atoms with Gasteiger partial charge in [0.1, 0.15) is 11.8 Å². The van der Waals surface area contributed by atoms with Crippen molar-refractivity contribution >= 4 is 38.3 Å². The van der Waals surface area contributed by atoms with E-state index in [9.17, 15) is 0 Å². The minimum absolute atomic E-state index is 0.394. The molecule has 2 nitrogen and oxygen atoms in total. The lowest BCUT2D eigenvalue weighted by molar-refractivity contribution is 1.28. The Morgan fingerprint density at radius 1 is 1.43 bits per heavy atom. The van der Waals surface area contributed by atoms with Crippen LogP contribution < -0.4 is 0 Å². The third kappa shape index (κ3) is 1.37. The van der Waals surface area contributed by atoms with Gasteiger partial charge in [0, 0.05) is 26.5 Å². The number of hydrogen-bond donors (Lipinski definition) is 0. The Bertz CT molecular complexity index is 537. The number of rotatable bonds is 0. The number of pyridine rings is 1. The van der Waals surface area contributed by atoms with Gasteiger partial charge in [-0.05, 0) is 22.0 Å². The molecule has 4 heteroatoms. The maximum absolute atomic E-state index is 8.85. The largest absolute Gasteiger partial charge is 0.244 e. The Morgan fingerprint density at radius 2 is 2.21 bits per heavy atom. The Kier molecular flexibility index (Phi) is 2.40. The monoisotopic (exact) mass is 266 g/mol. The molecule has 0 aliphatic rings. The van der Waals surface area contributed by atoms with E-state index >= 15 is 0 Å². The lowest BCUT2D eigenvalue weighted by atomic mass is 10.1. The fraction of sp³-hybridized carbons (Fsp3) is 0. The molecule has 2 rings (SSSR count). The van der Waals surface area contributed by atoms with Crippen molar-refractivity contribution in [3.63, 3.8) is 0 Å². The van der Waals surface area contributed by atoms with Gasteiger partial charge in [-0.1, -0.05) is 23.7 Å². The van der Waals surface area contributed by atoms with Crippen LogP contribution in [0.15, 0.2) is 28.9 Å². The average Bonchev–Trinajstić information content (AvgIpc) is 2.18. The zero-order valence-corrected chi connectivity index (χ0v) is 9.30. The molecule has 1 aromatic carbocycles. The molecule has 0 radical (unpaired) electrons. The number of benzene rings is 1. The highest BCUT2D eigenvalue weighted by Gasteiger charge is 2.07. The molecule has 2 aromatic rings. The third-order valence-corrected chi connectivity index (χ3v) is 2.84. The van der Waals surface area contributed by atoms with Crippen LogP contribution in [0.3, 0.4) is 0 Å². The molecule has 0 amide bonds. The van der Waals surface area contributed by atoms with Crippen LogP contribution in [-0.4, -0.2) is 4.98 Å². The van der Waals surface area contributed by atoms with Gasteiger partial charge in [-0.2, -0.15) is 5.26 Å². The maximum Gasteiger partial charge on any atom is 0.148 e. The fourth-order valence-corrected chi connectivity index (χ4v) is 2.23. The van der Waals surface area contributed by atoms with Crippen LogP contribution in [0.4, 0.5) is 0 Å². The SMILES string of the molecule is N#Cc1ncc(Br)c2c(Cl)cccc12. The summed E-state index contributed by atoms with van der Waals surface area (Å²) in [5.74, 6) is 0. The summed E-state index contributed by atoms with van der Waals surface area (Å²) in [7, 11) is 0. The predicted molar refractivity (Wildman–Crippen MR) is 59.2 cm³/mol. The van der Waals surface area contributed by atoms with E-state index in [0.29, 0.717) is 10.7 Å². The van der Waals surface area contributed by atoms with E-state index in [1.165, 1.54) is 0 Å². The Labute approximate surface area is 94.3 Å². The third-order valence-electron chi connectivity index (χ3n) is 1.92. The van der Waals surface area contributed by atoms with Gasteiger partial charge in [0.2, 0.25) is 0 Å². The molecule has 1 heterocycles. The second-order valence-electron chi connectivity index (χ2n) is 2.73. The van der Waals surface area contributed by atoms with Gasteiger partial charge < -0.3 is 0 Å². The van der Waals surface area contributed by atoms with Crippen LogP contribution in [0.2, 0.25) is 5.02 Å². The Balaban J connectivity index is 3.00. The molecule has 0 saturated carbocycles. The quantitative estimate of drug-likeness (QED) is 0.732. The van der Waals surface area contributed by atoms with E-state index in [1.807, 2.05) is 12.1 Å². The van der Waals surface area contributed by atoms with Crippen molar-refractivity contribution in [2.45, 2.75) is 0 Å². The highest BCUT2D eigenvalue weighted by molar-refractivity contribution is 9.10. The lowest BCUT2D eigenvalue weighted by Gasteiger charge is -2.03. The summed E-state index contributed by atoms with van der Waals surface area (Å²) in [5.41, 5.74) is 0.394. The smallest absolute Gasteiger partial charge is 0.148 e. The first kappa shape index (κ1) is 9.45. The zero-order valence-electron chi connectivity index (χ0n) is 6.96. The van der Waals surface area contributed by atoms with Crippen molar-refractivity contribution in [2.24, 2.45) is 0 Å². The van der Waals surface area contributed by atoms with Crippen molar-refractivity contribution in [3.8, 4) is 6.07 Å². The zero-order chi connectivity index (χ0) is 10.1. The normalized spacial score (nSPS) is 10.1. The summed E-state index contributed by atoms with van der Waals surface area (Å²) in [6, 6.07) is 7.46. The summed E-state index contributed by atoms with van der Waals surface area (Å²) in [6.07, 6.45) is 1.59. The highest BCUT2D eigenvalue weighted by Crippen LogP contribution is 2.31. The van der Waals surface area contributed by atoms with Crippen LogP contribution in [-0.2, 0) is 0 Å². The molecule has 0 N–H and O–H groups in total. The van der Waals surface area contributed by atoms with Crippen LogP contribution in [0.1, 0.15) is 5.69 Å². The molecule has 1 aromatic heterocycles. The van der Waals surface area contributed by atoms with Gasteiger partial charge in [-0.3, -0.25) is 0 Å². The standard InChI is InChI=1S/C10H4BrClN2/c11-7-5-14-9(4-13)6-2-1-3-8(12)10(6)7/h1-3,5H. The van der Waals surface area contributed by atoms with Gasteiger partial charge in [0.25, 0.3) is 0 Å². The van der Waals surface area contributed by atoms with E-state index in [-0.39, 0.29) is 0 Å². The minimum Gasteiger partial charge on any atom is -0.244 e. The van der Waals surface area contributed by atoms with E-state index in [4.69, 9.17) is 16.9 Å². The molecule has 0 spiro atoms. The Morgan fingerprint density at radius 3 is 2.93 bits per heavy atom. The average molecular weight is 268 g/mol. The van der Waals surface area contributed by atoms with E-state index in [0.717, 1.165) is 15.2 Å². The van der Waals surface area contributed by atoms with Crippen molar-refractivity contribution in [3.05, 3.63) is 39.6 Å². The molecule has 0 aliphatic carbocycles. The second kappa shape index (κ2) is 3.56. The molecule has 0 unspecified atom stereocenters. The molecular formula is C10H4BrClN2. The van der Waals surface area contributed by atoms with Gasteiger partial charge >= 0.3 is 0 Å². The summed E-state index contributed by atoms with van der Waals surface area (Å²) < 4.78 is 0.803. The van der Waals surface area contributed by atoms with E-state index in [1.54, 1.807) is 18.3 Å². The Hall–Kier alpha value is -1.11. The van der Waals surface area contributed by atoms with Crippen molar-refractivity contribution in [1.29, 1.82) is 5.26 Å². The van der Waals surface area contributed by atoms with Crippen molar-refractivity contribution in [2.75, 3.05) is 0 Å². The van der Waals surface area contributed by atoms with E-state index < -0.39 is 0 Å².